The minimum atomic E-state index is 0.204. The molecule has 0 aromatic carbocycles. The van der Waals surface area contributed by atoms with Gasteiger partial charge in [-0.1, -0.05) is 0 Å². The van der Waals surface area contributed by atoms with E-state index in [0.717, 1.165) is 38.0 Å². The van der Waals surface area contributed by atoms with E-state index in [4.69, 9.17) is 9.47 Å². The van der Waals surface area contributed by atoms with Gasteiger partial charge in [0.2, 0.25) is 5.91 Å². The van der Waals surface area contributed by atoms with E-state index in [9.17, 15) is 4.79 Å². The zero-order chi connectivity index (χ0) is 14.7. The fourth-order valence-corrected chi connectivity index (χ4v) is 4.02. The highest BCUT2D eigenvalue weighted by molar-refractivity contribution is 7.07. The minimum Gasteiger partial charge on any atom is -0.379 e. The number of hydrogen-bond acceptors (Lipinski definition) is 4. The van der Waals surface area contributed by atoms with E-state index in [-0.39, 0.29) is 24.2 Å². The summed E-state index contributed by atoms with van der Waals surface area (Å²) in [5, 5.41) is 4.08. The number of rotatable bonds is 5. The van der Waals surface area contributed by atoms with Gasteiger partial charge in [-0.15, -0.1) is 0 Å². The highest BCUT2D eigenvalue weighted by atomic mass is 32.1. The van der Waals surface area contributed by atoms with Crippen LogP contribution in [0.2, 0.25) is 0 Å². The molecule has 2 aliphatic heterocycles. The van der Waals surface area contributed by atoms with Crippen LogP contribution < -0.4 is 0 Å². The smallest absolute Gasteiger partial charge is 0.227 e. The van der Waals surface area contributed by atoms with Gasteiger partial charge in [-0.2, -0.15) is 11.3 Å². The van der Waals surface area contributed by atoms with Crippen LogP contribution in [0.25, 0.3) is 0 Å². The Morgan fingerprint density at radius 2 is 2.38 bits per heavy atom. The second-order valence-electron chi connectivity index (χ2n) is 5.78. The molecule has 2 fully saturated rings. The van der Waals surface area contributed by atoms with E-state index in [0.29, 0.717) is 13.0 Å². The third kappa shape index (κ3) is 3.47. The molecule has 0 saturated carbocycles. The molecule has 0 bridgehead atoms. The zero-order valence-corrected chi connectivity index (χ0v) is 13.3. The van der Waals surface area contributed by atoms with Crippen molar-refractivity contribution >= 4 is 17.2 Å². The molecule has 0 spiro atoms. The van der Waals surface area contributed by atoms with Crippen LogP contribution in [-0.2, 0) is 20.7 Å². The average molecular weight is 309 g/mol. The van der Waals surface area contributed by atoms with Gasteiger partial charge >= 0.3 is 0 Å². The van der Waals surface area contributed by atoms with E-state index in [1.165, 1.54) is 0 Å². The van der Waals surface area contributed by atoms with Gasteiger partial charge < -0.3 is 14.4 Å². The first-order chi connectivity index (χ1) is 10.3. The van der Waals surface area contributed by atoms with E-state index >= 15 is 0 Å². The van der Waals surface area contributed by atoms with E-state index in [1.807, 2.05) is 23.3 Å². The van der Waals surface area contributed by atoms with Crippen molar-refractivity contribution in [2.24, 2.45) is 0 Å². The summed E-state index contributed by atoms with van der Waals surface area (Å²) in [5.41, 5.74) is 1.12. The maximum absolute atomic E-state index is 12.5. The van der Waals surface area contributed by atoms with E-state index in [1.54, 1.807) is 11.3 Å². The SMILES string of the molecule is CCOC[C@@H]1CC[C@@H]2[C@@H](CCN2C(=O)Cc2ccsc2)O1. The van der Waals surface area contributed by atoms with Crippen molar-refractivity contribution in [3.63, 3.8) is 0 Å². The second kappa shape index (κ2) is 6.90. The normalized spacial score (nSPS) is 28.6. The highest BCUT2D eigenvalue weighted by Crippen LogP contribution is 2.32. The average Bonchev–Trinajstić information content (AvgIpc) is 3.13. The predicted molar refractivity (Wildman–Crippen MR) is 82.5 cm³/mol. The van der Waals surface area contributed by atoms with Crippen molar-refractivity contribution in [3.05, 3.63) is 22.4 Å². The first kappa shape index (κ1) is 15.0. The quantitative estimate of drug-likeness (QED) is 0.839. The Morgan fingerprint density at radius 3 is 3.14 bits per heavy atom. The predicted octanol–water partition coefficient (Wildman–Crippen LogP) is 2.48. The fraction of sp³-hybridized carbons (Fsp3) is 0.688. The van der Waals surface area contributed by atoms with E-state index < -0.39 is 0 Å². The summed E-state index contributed by atoms with van der Waals surface area (Å²) in [5.74, 6) is 0.243. The highest BCUT2D eigenvalue weighted by Gasteiger charge is 2.41. The molecule has 3 rings (SSSR count). The molecule has 5 heteroatoms. The molecule has 1 amide bonds. The van der Waals surface area contributed by atoms with Crippen LogP contribution in [0.4, 0.5) is 0 Å². The van der Waals surface area contributed by atoms with Crippen LogP contribution in [0.1, 0.15) is 31.7 Å². The Bertz CT molecular complexity index is 462. The summed E-state index contributed by atoms with van der Waals surface area (Å²) >= 11 is 1.65. The number of fused-ring (bicyclic) bond motifs is 1. The number of amides is 1. The number of nitrogens with zero attached hydrogens (tertiary/aromatic N) is 1. The van der Waals surface area contributed by atoms with Crippen LogP contribution in [0.3, 0.4) is 0 Å². The molecular weight excluding hydrogens is 286 g/mol. The van der Waals surface area contributed by atoms with Crippen molar-refractivity contribution < 1.29 is 14.3 Å². The molecule has 1 aromatic rings. The van der Waals surface area contributed by atoms with Crippen LogP contribution >= 0.6 is 11.3 Å². The molecule has 116 valence electrons. The number of thiophene rings is 1. The zero-order valence-electron chi connectivity index (χ0n) is 12.5. The maximum Gasteiger partial charge on any atom is 0.227 e. The van der Waals surface area contributed by atoms with Crippen molar-refractivity contribution in [2.45, 2.75) is 50.9 Å². The van der Waals surface area contributed by atoms with Crippen LogP contribution in [-0.4, -0.2) is 48.8 Å². The lowest BCUT2D eigenvalue weighted by Gasteiger charge is -2.35. The first-order valence-corrected chi connectivity index (χ1v) is 8.76. The lowest BCUT2D eigenvalue weighted by Crippen LogP contribution is -2.46. The van der Waals surface area contributed by atoms with Crippen molar-refractivity contribution in [2.75, 3.05) is 19.8 Å². The van der Waals surface area contributed by atoms with Crippen LogP contribution in [0.15, 0.2) is 16.8 Å². The molecule has 2 saturated heterocycles. The Balaban J connectivity index is 1.55. The Hall–Kier alpha value is -0.910. The van der Waals surface area contributed by atoms with Gasteiger partial charge in [0.25, 0.3) is 0 Å². The number of likely N-dealkylation sites (tertiary alicyclic amines) is 1. The number of carbonyl (C=O) groups is 1. The third-order valence-corrected chi connectivity index (χ3v) is 5.13. The molecule has 0 radical (unpaired) electrons. The molecule has 3 atom stereocenters. The summed E-state index contributed by atoms with van der Waals surface area (Å²) in [6.07, 6.45) is 3.92. The third-order valence-electron chi connectivity index (χ3n) is 4.40. The number of carbonyl (C=O) groups excluding carboxylic acids is 1. The van der Waals surface area contributed by atoms with Gasteiger partial charge in [0.15, 0.2) is 0 Å². The van der Waals surface area contributed by atoms with Gasteiger partial charge in [0, 0.05) is 13.2 Å². The molecule has 4 nitrogen and oxygen atoms in total. The Morgan fingerprint density at radius 1 is 1.48 bits per heavy atom. The van der Waals surface area contributed by atoms with Gasteiger partial charge in [-0.25, -0.2) is 0 Å². The summed E-state index contributed by atoms with van der Waals surface area (Å²) in [4.78, 5) is 14.5. The molecule has 0 aliphatic carbocycles. The van der Waals surface area contributed by atoms with Gasteiger partial charge in [0.05, 0.1) is 31.3 Å². The molecule has 2 aliphatic rings. The Labute approximate surface area is 130 Å². The molecule has 21 heavy (non-hydrogen) atoms. The van der Waals surface area contributed by atoms with Gasteiger partial charge in [-0.05, 0) is 48.6 Å². The van der Waals surface area contributed by atoms with E-state index in [2.05, 4.69) is 5.38 Å². The Kier molecular flexibility index (Phi) is 4.93. The molecule has 0 N–H and O–H groups in total. The van der Waals surface area contributed by atoms with Crippen molar-refractivity contribution in [1.82, 2.24) is 4.90 Å². The fourth-order valence-electron chi connectivity index (χ4n) is 3.35. The molecule has 0 unspecified atom stereocenters. The van der Waals surface area contributed by atoms with Crippen molar-refractivity contribution in [3.8, 4) is 0 Å². The van der Waals surface area contributed by atoms with Crippen LogP contribution in [0.5, 0.6) is 0 Å². The summed E-state index contributed by atoms with van der Waals surface area (Å²) in [7, 11) is 0. The first-order valence-electron chi connectivity index (χ1n) is 7.81. The molecule has 3 heterocycles. The standard InChI is InChI=1S/C16H23NO3S/c1-2-19-10-13-3-4-14-15(20-13)5-7-17(14)16(18)9-12-6-8-21-11-12/h6,8,11,13-15H,2-5,7,9-10H2,1H3/t13-,14+,15+/m0/s1. The lowest BCUT2D eigenvalue weighted by atomic mass is 9.99. The maximum atomic E-state index is 12.5. The van der Waals surface area contributed by atoms with Gasteiger partial charge in [0.1, 0.15) is 0 Å². The summed E-state index contributed by atoms with van der Waals surface area (Å²) in [6, 6.07) is 2.31. The van der Waals surface area contributed by atoms with Crippen LogP contribution in [0, 0.1) is 0 Å². The number of ether oxygens (including phenoxy) is 2. The monoisotopic (exact) mass is 309 g/mol. The summed E-state index contributed by atoms with van der Waals surface area (Å²) < 4.78 is 11.6. The summed E-state index contributed by atoms with van der Waals surface area (Å²) in [6.45, 7) is 4.26. The molecular formula is C16H23NO3S. The minimum absolute atomic E-state index is 0.204. The second-order valence-corrected chi connectivity index (χ2v) is 6.56. The topological polar surface area (TPSA) is 38.8 Å². The molecule has 1 aromatic heterocycles. The largest absolute Gasteiger partial charge is 0.379 e. The van der Waals surface area contributed by atoms with Gasteiger partial charge in [-0.3, -0.25) is 4.79 Å². The van der Waals surface area contributed by atoms with Crippen molar-refractivity contribution in [1.29, 1.82) is 0 Å². The number of hydrogen-bond donors (Lipinski definition) is 0. The lowest BCUT2D eigenvalue weighted by molar-refractivity contribution is -0.138.